The summed E-state index contributed by atoms with van der Waals surface area (Å²) >= 11 is 0. The van der Waals surface area contributed by atoms with Crippen molar-refractivity contribution in [2.24, 2.45) is 0 Å². The molecule has 5 heteroatoms. The van der Waals surface area contributed by atoms with Crippen LogP contribution in [0.3, 0.4) is 0 Å². The number of nitrogens with zero attached hydrogens (tertiary/aromatic N) is 1. The minimum absolute atomic E-state index is 0.00781. The van der Waals surface area contributed by atoms with Crippen LogP contribution in [0.2, 0.25) is 0 Å². The van der Waals surface area contributed by atoms with Gasteiger partial charge in [-0.1, -0.05) is 0 Å². The van der Waals surface area contributed by atoms with Crippen LogP contribution in [-0.4, -0.2) is 43.3 Å². The standard InChI is InChI=1S/C19H24N2O3/c1-22-18-4-2-16(3-5-18)20-17-10-19(24-13-17)7-8-21(14-19)11-15-6-9-23-12-15/h2-6,9,12,17,20H,7-8,10-11,13-14H2,1H3. The fourth-order valence-corrected chi connectivity index (χ4v) is 3.85. The molecule has 5 nitrogen and oxygen atoms in total. The molecule has 1 N–H and O–H groups in total. The quantitative estimate of drug-likeness (QED) is 0.914. The van der Waals surface area contributed by atoms with Gasteiger partial charge >= 0.3 is 0 Å². The highest BCUT2D eigenvalue weighted by atomic mass is 16.5. The van der Waals surface area contributed by atoms with Crippen LogP contribution in [0.4, 0.5) is 5.69 Å². The highest BCUT2D eigenvalue weighted by Crippen LogP contribution is 2.36. The predicted molar refractivity (Wildman–Crippen MR) is 92.3 cm³/mol. The SMILES string of the molecule is COc1ccc(NC2COC3(CCN(Cc4ccoc4)C3)C2)cc1. The molecule has 2 saturated heterocycles. The number of hydrogen-bond donors (Lipinski definition) is 1. The van der Waals surface area contributed by atoms with Crippen molar-refractivity contribution in [2.45, 2.75) is 31.0 Å². The Hall–Kier alpha value is -1.98. The topological polar surface area (TPSA) is 46.9 Å². The van der Waals surface area contributed by atoms with E-state index in [9.17, 15) is 0 Å². The van der Waals surface area contributed by atoms with E-state index in [1.807, 2.05) is 24.5 Å². The van der Waals surface area contributed by atoms with Crippen LogP contribution in [0.5, 0.6) is 5.75 Å². The van der Waals surface area contributed by atoms with Gasteiger partial charge in [0, 0.05) is 37.3 Å². The van der Waals surface area contributed by atoms with Crippen molar-refractivity contribution in [2.75, 3.05) is 32.1 Å². The Morgan fingerprint density at radius 2 is 2.17 bits per heavy atom. The van der Waals surface area contributed by atoms with Crippen LogP contribution in [0, 0.1) is 0 Å². The molecule has 0 amide bonds. The van der Waals surface area contributed by atoms with E-state index in [-0.39, 0.29) is 5.60 Å². The summed E-state index contributed by atoms with van der Waals surface area (Å²) in [4.78, 5) is 2.46. The first kappa shape index (κ1) is 15.5. The van der Waals surface area contributed by atoms with Crippen molar-refractivity contribution in [3.05, 3.63) is 48.4 Å². The van der Waals surface area contributed by atoms with E-state index < -0.39 is 0 Å². The largest absolute Gasteiger partial charge is 0.497 e. The van der Waals surface area contributed by atoms with E-state index in [0.29, 0.717) is 6.04 Å². The van der Waals surface area contributed by atoms with E-state index in [0.717, 1.165) is 50.5 Å². The molecule has 2 aliphatic heterocycles. The van der Waals surface area contributed by atoms with Crippen LogP contribution in [0.15, 0.2) is 47.3 Å². The fraction of sp³-hybridized carbons (Fsp3) is 0.474. The third-order valence-corrected chi connectivity index (χ3v) is 5.05. The Labute approximate surface area is 142 Å². The number of anilines is 1. The van der Waals surface area contributed by atoms with Crippen molar-refractivity contribution in [3.8, 4) is 5.75 Å². The molecule has 2 aromatic rings. The third kappa shape index (κ3) is 3.28. The van der Waals surface area contributed by atoms with Crippen molar-refractivity contribution >= 4 is 5.69 Å². The molecule has 4 rings (SSSR count). The summed E-state index contributed by atoms with van der Waals surface area (Å²) < 4.78 is 16.6. The predicted octanol–water partition coefficient (Wildman–Crippen LogP) is 3.13. The highest BCUT2D eigenvalue weighted by molar-refractivity contribution is 5.47. The molecule has 3 heterocycles. The van der Waals surface area contributed by atoms with Crippen LogP contribution in [0.1, 0.15) is 18.4 Å². The molecule has 2 atom stereocenters. The molecule has 1 aromatic heterocycles. The third-order valence-electron chi connectivity index (χ3n) is 5.05. The first-order chi connectivity index (χ1) is 11.7. The lowest BCUT2D eigenvalue weighted by Gasteiger charge is -2.23. The number of ether oxygens (including phenoxy) is 2. The van der Waals surface area contributed by atoms with Gasteiger partial charge in [-0.2, -0.15) is 0 Å². The lowest BCUT2D eigenvalue weighted by molar-refractivity contribution is 0.0120. The van der Waals surface area contributed by atoms with Gasteiger partial charge in [0.25, 0.3) is 0 Å². The summed E-state index contributed by atoms with van der Waals surface area (Å²) in [6.45, 7) is 3.79. The lowest BCUT2D eigenvalue weighted by Crippen LogP contribution is -2.33. The molecular formula is C19H24N2O3. The van der Waals surface area contributed by atoms with Gasteiger partial charge in [0.15, 0.2) is 0 Å². The summed E-state index contributed by atoms with van der Waals surface area (Å²) in [5.74, 6) is 0.880. The minimum Gasteiger partial charge on any atom is -0.497 e. The average Bonchev–Trinajstić information content (AvgIpc) is 3.33. The Morgan fingerprint density at radius 3 is 2.92 bits per heavy atom. The Kier molecular flexibility index (Phi) is 4.21. The first-order valence-electron chi connectivity index (χ1n) is 8.53. The van der Waals surface area contributed by atoms with E-state index in [4.69, 9.17) is 13.9 Å². The lowest BCUT2D eigenvalue weighted by atomic mass is 9.97. The van der Waals surface area contributed by atoms with Crippen molar-refractivity contribution < 1.29 is 13.9 Å². The summed E-state index contributed by atoms with van der Waals surface area (Å²) in [6.07, 6.45) is 5.73. The normalized spacial score (nSPS) is 27.0. The fourth-order valence-electron chi connectivity index (χ4n) is 3.85. The van der Waals surface area contributed by atoms with Gasteiger partial charge < -0.3 is 19.2 Å². The Morgan fingerprint density at radius 1 is 1.29 bits per heavy atom. The molecule has 2 fully saturated rings. The van der Waals surface area contributed by atoms with Gasteiger partial charge in [-0.3, -0.25) is 4.90 Å². The zero-order valence-electron chi connectivity index (χ0n) is 14.0. The molecule has 0 aliphatic carbocycles. The molecule has 0 radical (unpaired) electrons. The smallest absolute Gasteiger partial charge is 0.119 e. The molecular weight excluding hydrogens is 304 g/mol. The number of nitrogens with one attached hydrogen (secondary N) is 1. The van der Waals surface area contributed by atoms with Gasteiger partial charge in [-0.15, -0.1) is 0 Å². The summed E-state index contributed by atoms with van der Waals surface area (Å²) in [7, 11) is 1.69. The van der Waals surface area contributed by atoms with E-state index in [1.165, 1.54) is 5.56 Å². The summed E-state index contributed by atoms with van der Waals surface area (Å²) in [6, 6.07) is 10.5. The second kappa shape index (κ2) is 6.49. The number of methoxy groups -OCH3 is 1. The molecule has 0 saturated carbocycles. The molecule has 1 aromatic carbocycles. The van der Waals surface area contributed by atoms with Crippen molar-refractivity contribution in [3.63, 3.8) is 0 Å². The maximum atomic E-state index is 6.23. The van der Waals surface area contributed by atoms with Crippen LogP contribution in [-0.2, 0) is 11.3 Å². The van der Waals surface area contributed by atoms with Gasteiger partial charge in [-0.25, -0.2) is 0 Å². The maximum Gasteiger partial charge on any atom is 0.119 e. The van der Waals surface area contributed by atoms with Gasteiger partial charge in [0.1, 0.15) is 5.75 Å². The second-order valence-corrected chi connectivity index (χ2v) is 6.86. The van der Waals surface area contributed by atoms with Gasteiger partial charge in [0.2, 0.25) is 0 Å². The average molecular weight is 328 g/mol. The van der Waals surface area contributed by atoms with Crippen molar-refractivity contribution in [1.29, 1.82) is 0 Å². The number of benzene rings is 1. The van der Waals surface area contributed by atoms with E-state index in [2.05, 4.69) is 22.3 Å². The van der Waals surface area contributed by atoms with Crippen LogP contribution in [0.25, 0.3) is 0 Å². The Bertz CT molecular complexity index is 656. The number of furan rings is 1. The van der Waals surface area contributed by atoms with Crippen molar-refractivity contribution in [1.82, 2.24) is 4.90 Å². The zero-order chi connectivity index (χ0) is 16.4. The number of rotatable bonds is 5. The molecule has 24 heavy (non-hydrogen) atoms. The number of hydrogen-bond acceptors (Lipinski definition) is 5. The Balaban J connectivity index is 1.32. The van der Waals surface area contributed by atoms with Gasteiger partial charge in [0.05, 0.1) is 37.9 Å². The minimum atomic E-state index is 0.00781. The zero-order valence-corrected chi connectivity index (χ0v) is 14.0. The van der Waals surface area contributed by atoms with Gasteiger partial charge in [-0.05, 0) is 36.8 Å². The molecule has 2 aliphatic rings. The highest BCUT2D eigenvalue weighted by Gasteiger charge is 2.45. The number of likely N-dealkylation sites (tertiary alicyclic amines) is 1. The van der Waals surface area contributed by atoms with E-state index >= 15 is 0 Å². The molecule has 0 bridgehead atoms. The summed E-state index contributed by atoms with van der Waals surface area (Å²) in [5.41, 5.74) is 2.36. The molecule has 128 valence electrons. The molecule has 1 spiro atoms. The van der Waals surface area contributed by atoms with Crippen LogP contribution >= 0.6 is 0 Å². The monoisotopic (exact) mass is 328 g/mol. The molecule has 2 unspecified atom stereocenters. The maximum absolute atomic E-state index is 6.23. The van der Waals surface area contributed by atoms with Crippen LogP contribution < -0.4 is 10.1 Å². The second-order valence-electron chi connectivity index (χ2n) is 6.86. The first-order valence-corrected chi connectivity index (χ1v) is 8.53. The summed E-state index contributed by atoms with van der Waals surface area (Å²) in [5, 5.41) is 3.59. The van der Waals surface area contributed by atoms with E-state index in [1.54, 1.807) is 13.4 Å².